The molecule has 0 radical (unpaired) electrons. The molecule has 23 heavy (non-hydrogen) atoms. The van der Waals surface area contributed by atoms with E-state index in [1.165, 1.54) is 23.1 Å². The number of rotatable bonds is 7. The van der Waals surface area contributed by atoms with Gasteiger partial charge in [-0.1, -0.05) is 0 Å². The van der Waals surface area contributed by atoms with Crippen LogP contribution in [0.1, 0.15) is 26.2 Å². The Morgan fingerprint density at radius 1 is 1.43 bits per heavy atom. The summed E-state index contributed by atoms with van der Waals surface area (Å²) in [7, 11) is 0. The molecule has 1 aliphatic heterocycles. The van der Waals surface area contributed by atoms with Gasteiger partial charge in [-0.3, -0.25) is 19.7 Å². The Morgan fingerprint density at radius 2 is 2.22 bits per heavy atom. The Bertz CT molecular complexity index is 616. The lowest BCUT2D eigenvalue weighted by atomic mass is 10.1. The van der Waals surface area contributed by atoms with E-state index in [-0.39, 0.29) is 24.2 Å². The van der Waals surface area contributed by atoms with Gasteiger partial charge in [0.25, 0.3) is 11.6 Å². The number of esters is 1. The fraction of sp³-hybridized carbons (Fsp3) is 0.467. The van der Waals surface area contributed by atoms with E-state index < -0.39 is 4.92 Å². The number of nitro groups is 1. The van der Waals surface area contributed by atoms with E-state index in [0.29, 0.717) is 43.9 Å². The maximum absolute atomic E-state index is 12.0. The molecule has 1 amide bonds. The number of nitrogens with zero attached hydrogens (tertiary/aromatic N) is 2. The summed E-state index contributed by atoms with van der Waals surface area (Å²) in [6.45, 7) is 2.38. The van der Waals surface area contributed by atoms with Crippen LogP contribution in [-0.2, 0) is 14.3 Å². The standard InChI is InChI=1S/C15H18N2O6/c1-2-22-15(19)5-3-4-8-16-12-7-6-11(17(20)21)9-13(12)23-10-14(16)18/h6-7,9H,2-5,8,10H2,1H3. The largest absolute Gasteiger partial charge is 0.481 e. The van der Waals surface area contributed by atoms with Crippen LogP contribution < -0.4 is 9.64 Å². The van der Waals surface area contributed by atoms with Gasteiger partial charge in [-0.2, -0.15) is 0 Å². The van der Waals surface area contributed by atoms with Crippen LogP contribution in [0.15, 0.2) is 18.2 Å². The number of unbranched alkanes of at least 4 members (excludes halogenated alkanes) is 1. The SMILES string of the molecule is CCOC(=O)CCCCN1C(=O)COc2cc([N+](=O)[O-])ccc21. The van der Waals surface area contributed by atoms with Gasteiger partial charge in [-0.25, -0.2) is 0 Å². The van der Waals surface area contributed by atoms with Gasteiger partial charge in [0.2, 0.25) is 0 Å². The van der Waals surface area contributed by atoms with Crippen molar-refractivity contribution in [2.24, 2.45) is 0 Å². The minimum Gasteiger partial charge on any atom is -0.481 e. The Balaban J connectivity index is 1.98. The van der Waals surface area contributed by atoms with Crippen molar-refractivity contribution < 1.29 is 24.0 Å². The lowest BCUT2D eigenvalue weighted by Gasteiger charge is -2.29. The lowest BCUT2D eigenvalue weighted by Crippen LogP contribution is -2.39. The van der Waals surface area contributed by atoms with Crippen molar-refractivity contribution in [3.63, 3.8) is 0 Å². The first kappa shape index (κ1) is 16.7. The molecule has 8 nitrogen and oxygen atoms in total. The zero-order chi connectivity index (χ0) is 16.8. The molecule has 0 bridgehead atoms. The third kappa shape index (κ3) is 4.18. The summed E-state index contributed by atoms with van der Waals surface area (Å²) in [6.07, 6.45) is 1.53. The van der Waals surface area contributed by atoms with Gasteiger partial charge < -0.3 is 14.4 Å². The van der Waals surface area contributed by atoms with E-state index in [1.807, 2.05) is 0 Å². The zero-order valence-corrected chi connectivity index (χ0v) is 12.8. The van der Waals surface area contributed by atoms with Gasteiger partial charge in [0, 0.05) is 19.0 Å². The highest BCUT2D eigenvalue weighted by Crippen LogP contribution is 2.35. The van der Waals surface area contributed by atoms with E-state index in [4.69, 9.17) is 9.47 Å². The molecule has 124 valence electrons. The minimum absolute atomic E-state index is 0.0830. The van der Waals surface area contributed by atoms with Crippen LogP contribution >= 0.6 is 0 Å². The monoisotopic (exact) mass is 322 g/mol. The smallest absolute Gasteiger partial charge is 0.305 e. The van der Waals surface area contributed by atoms with Crippen LogP contribution in [-0.4, -0.2) is 36.6 Å². The summed E-state index contributed by atoms with van der Waals surface area (Å²) < 4.78 is 10.1. The maximum Gasteiger partial charge on any atom is 0.305 e. The number of hydrogen-bond acceptors (Lipinski definition) is 6. The van der Waals surface area contributed by atoms with Crippen LogP contribution in [0.5, 0.6) is 5.75 Å². The number of nitro benzene ring substituents is 1. The number of amides is 1. The molecule has 2 rings (SSSR count). The molecule has 0 aliphatic carbocycles. The zero-order valence-electron chi connectivity index (χ0n) is 12.8. The van der Waals surface area contributed by atoms with Crippen LogP contribution in [0.2, 0.25) is 0 Å². The highest BCUT2D eigenvalue weighted by molar-refractivity contribution is 5.98. The van der Waals surface area contributed by atoms with Crippen molar-refractivity contribution in [1.82, 2.24) is 0 Å². The predicted molar refractivity (Wildman–Crippen MR) is 81.4 cm³/mol. The number of hydrogen-bond donors (Lipinski definition) is 0. The predicted octanol–water partition coefficient (Wildman–Crippen LogP) is 2.05. The van der Waals surface area contributed by atoms with Crippen LogP contribution in [0, 0.1) is 10.1 Å². The number of anilines is 1. The normalized spacial score (nSPS) is 13.3. The van der Waals surface area contributed by atoms with Gasteiger partial charge in [0.15, 0.2) is 12.4 Å². The summed E-state index contributed by atoms with van der Waals surface area (Å²) in [4.78, 5) is 35.1. The average Bonchev–Trinajstić information content (AvgIpc) is 2.52. The number of fused-ring (bicyclic) bond motifs is 1. The van der Waals surface area contributed by atoms with Gasteiger partial charge in [-0.05, 0) is 25.8 Å². The van der Waals surface area contributed by atoms with Crippen molar-refractivity contribution in [3.05, 3.63) is 28.3 Å². The Kier molecular flexibility index (Phi) is 5.51. The number of non-ortho nitro benzene ring substituents is 1. The Labute approximate surface area is 133 Å². The van der Waals surface area contributed by atoms with Crippen molar-refractivity contribution in [2.45, 2.75) is 26.2 Å². The quantitative estimate of drug-likeness (QED) is 0.330. The fourth-order valence-corrected chi connectivity index (χ4v) is 2.32. The molecular formula is C15H18N2O6. The van der Waals surface area contributed by atoms with Crippen molar-refractivity contribution in [2.75, 3.05) is 24.7 Å². The van der Waals surface area contributed by atoms with Gasteiger partial charge >= 0.3 is 5.97 Å². The van der Waals surface area contributed by atoms with Gasteiger partial charge in [-0.15, -0.1) is 0 Å². The third-order valence-electron chi connectivity index (χ3n) is 3.42. The first-order chi connectivity index (χ1) is 11.0. The molecule has 1 aromatic rings. The van der Waals surface area contributed by atoms with E-state index in [2.05, 4.69) is 0 Å². The summed E-state index contributed by atoms with van der Waals surface area (Å²) in [5.41, 5.74) is 0.434. The van der Waals surface area contributed by atoms with Crippen molar-refractivity contribution in [1.29, 1.82) is 0 Å². The number of benzene rings is 1. The molecule has 0 fully saturated rings. The topological polar surface area (TPSA) is 99.0 Å². The first-order valence-electron chi connectivity index (χ1n) is 7.40. The van der Waals surface area contributed by atoms with E-state index in [9.17, 15) is 19.7 Å². The molecule has 1 aromatic carbocycles. The van der Waals surface area contributed by atoms with Crippen LogP contribution in [0.3, 0.4) is 0 Å². The van der Waals surface area contributed by atoms with Crippen molar-refractivity contribution in [3.8, 4) is 5.75 Å². The molecule has 0 unspecified atom stereocenters. The molecule has 0 aromatic heterocycles. The molecule has 0 saturated heterocycles. The second kappa shape index (κ2) is 7.57. The number of carbonyl (C=O) groups excluding carboxylic acids is 2. The maximum atomic E-state index is 12.0. The third-order valence-corrected chi connectivity index (χ3v) is 3.42. The molecule has 1 aliphatic rings. The summed E-state index contributed by atoms with van der Waals surface area (Å²) in [5.74, 6) is -0.136. The minimum atomic E-state index is -0.510. The van der Waals surface area contributed by atoms with E-state index in [0.717, 1.165) is 0 Å². The molecular weight excluding hydrogens is 304 g/mol. The summed E-state index contributed by atoms with van der Waals surface area (Å²) in [5, 5.41) is 10.8. The highest BCUT2D eigenvalue weighted by atomic mass is 16.6. The molecule has 0 spiro atoms. The molecule has 1 heterocycles. The lowest BCUT2D eigenvalue weighted by molar-refractivity contribution is -0.384. The molecule has 0 saturated carbocycles. The first-order valence-corrected chi connectivity index (χ1v) is 7.40. The Hall–Kier alpha value is -2.64. The van der Waals surface area contributed by atoms with Crippen LogP contribution in [0.25, 0.3) is 0 Å². The van der Waals surface area contributed by atoms with Gasteiger partial charge in [0.05, 0.1) is 23.3 Å². The second-order valence-electron chi connectivity index (χ2n) is 5.01. The Morgan fingerprint density at radius 3 is 2.91 bits per heavy atom. The second-order valence-corrected chi connectivity index (χ2v) is 5.01. The molecule has 8 heteroatoms. The van der Waals surface area contributed by atoms with Crippen molar-refractivity contribution >= 4 is 23.3 Å². The summed E-state index contributed by atoms with van der Waals surface area (Å²) in [6, 6.07) is 4.16. The summed E-state index contributed by atoms with van der Waals surface area (Å²) >= 11 is 0. The number of ether oxygens (including phenoxy) is 2. The molecule has 0 N–H and O–H groups in total. The van der Waals surface area contributed by atoms with E-state index >= 15 is 0 Å². The molecule has 0 atom stereocenters. The van der Waals surface area contributed by atoms with Gasteiger partial charge in [0.1, 0.15) is 0 Å². The van der Waals surface area contributed by atoms with Crippen LogP contribution in [0.4, 0.5) is 11.4 Å². The van der Waals surface area contributed by atoms with E-state index in [1.54, 1.807) is 6.92 Å². The fourth-order valence-electron chi connectivity index (χ4n) is 2.32. The highest BCUT2D eigenvalue weighted by Gasteiger charge is 2.26. The number of carbonyl (C=O) groups is 2. The average molecular weight is 322 g/mol.